The number of nitrogens with one attached hydrogen (secondary N) is 1. The molecule has 1 aromatic heterocycles. The molecule has 172 valence electrons. The highest BCUT2D eigenvalue weighted by Crippen LogP contribution is 2.33. The molecule has 0 aliphatic carbocycles. The highest BCUT2D eigenvalue weighted by molar-refractivity contribution is 7.92. The molecule has 9 nitrogen and oxygen atoms in total. The largest absolute Gasteiger partial charge is 0.493 e. The minimum absolute atomic E-state index is 0.0505. The zero-order valence-corrected chi connectivity index (χ0v) is 19.2. The number of ether oxygens (including phenoxy) is 2. The molecule has 0 saturated heterocycles. The van der Waals surface area contributed by atoms with Gasteiger partial charge in [0.25, 0.3) is 15.9 Å². The minimum atomic E-state index is -4.07. The van der Waals surface area contributed by atoms with Crippen LogP contribution in [0, 0.1) is 6.92 Å². The van der Waals surface area contributed by atoms with E-state index in [2.05, 4.69) is 15.5 Å². The summed E-state index contributed by atoms with van der Waals surface area (Å²) >= 11 is 0. The SMILES string of the molecule is COc1ccc(N(CC(=O)NN=Cc2cccnc2)S(=O)(=O)c2ccc(C)cc2)cc1OC. The van der Waals surface area contributed by atoms with Crippen molar-refractivity contribution in [1.82, 2.24) is 10.4 Å². The summed E-state index contributed by atoms with van der Waals surface area (Å²) in [6.45, 7) is 1.35. The van der Waals surface area contributed by atoms with E-state index in [1.54, 1.807) is 48.8 Å². The Balaban J connectivity index is 1.92. The molecule has 0 fully saturated rings. The third-order valence-electron chi connectivity index (χ3n) is 4.64. The maximum atomic E-state index is 13.5. The average molecular weight is 469 g/mol. The van der Waals surface area contributed by atoms with Crippen molar-refractivity contribution in [3.05, 3.63) is 78.1 Å². The molecule has 0 saturated carbocycles. The van der Waals surface area contributed by atoms with Gasteiger partial charge in [0.05, 0.1) is 31.0 Å². The van der Waals surface area contributed by atoms with Gasteiger partial charge in [-0.25, -0.2) is 13.8 Å². The first-order valence-corrected chi connectivity index (χ1v) is 11.3. The van der Waals surface area contributed by atoms with Gasteiger partial charge in [-0.05, 0) is 37.3 Å². The maximum Gasteiger partial charge on any atom is 0.264 e. The number of amides is 1. The fourth-order valence-electron chi connectivity index (χ4n) is 2.93. The van der Waals surface area contributed by atoms with Gasteiger partial charge < -0.3 is 9.47 Å². The maximum absolute atomic E-state index is 13.5. The lowest BCUT2D eigenvalue weighted by molar-refractivity contribution is -0.119. The number of carbonyl (C=O) groups is 1. The van der Waals surface area contributed by atoms with Gasteiger partial charge in [0, 0.05) is 24.0 Å². The van der Waals surface area contributed by atoms with Crippen molar-refractivity contribution in [2.24, 2.45) is 5.10 Å². The van der Waals surface area contributed by atoms with E-state index in [1.807, 2.05) is 6.92 Å². The van der Waals surface area contributed by atoms with Gasteiger partial charge in [-0.3, -0.25) is 14.1 Å². The number of nitrogens with zero attached hydrogens (tertiary/aromatic N) is 3. The molecular weight excluding hydrogens is 444 g/mol. The van der Waals surface area contributed by atoms with E-state index in [4.69, 9.17) is 9.47 Å². The topological polar surface area (TPSA) is 110 Å². The zero-order valence-electron chi connectivity index (χ0n) is 18.4. The highest BCUT2D eigenvalue weighted by atomic mass is 32.2. The number of hydrogen-bond donors (Lipinski definition) is 1. The molecule has 2 aromatic carbocycles. The molecule has 0 radical (unpaired) electrons. The number of carbonyl (C=O) groups excluding carboxylic acids is 1. The Morgan fingerprint density at radius 2 is 1.82 bits per heavy atom. The lowest BCUT2D eigenvalue weighted by Gasteiger charge is -2.24. The normalized spacial score (nSPS) is 11.2. The van der Waals surface area contributed by atoms with Crippen LogP contribution in [0.3, 0.4) is 0 Å². The second kappa shape index (κ2) is 10.6. The first kappa shape index (κ1) is 23.7. The summed E-state index contributed by atoms with van der Waals surface area (Å²) in [5, 5.41) is 3.89. The van der Waals surface area contributed by atoms with Gasteiger partial charge in [0.15, 0.2) is 11.5 Å². The van der Waals surface area contributed by atoms with Crippen molar-refractivity contribution in [3.8, 4) is 11.5 Å². The van der Waals surface area contributed by atoms with Gasteiger partial charge in [-0.1, -0.05) is 23.8 Å². The van der Waals surface area contributed by atoms with Crippen LogP contribution in [-0.4, -0.2) is 46.3 Å². The first-order chi connectivity index (χ1) is 15.8. The molecule has 1 amide bonds. The standard InChI is InChI=1S/C23H24N4O5S/c1-17-6-9-20(10-7-17)33(29,30)27(19-8-11-21(31-2)22(13-19)32-3)16-23(28)26-25-15-18-5-4-12-24-14-18/h4-15H,16H2,1-3H3,(H,26,28). The molecule has 1 N–H and O–H groups in total. The number of methoxy groups -OCH3 is 2. The zero-order chi connectivity index (χ0) is 23.8. The van der Waals surface area contributed by atoms with Crippen molar-refractivity contribution in [2.45, 2.75) is 11.8 Å². The number of anilines is 1. The number of benzene rings is 2. The van der Waals surface area contributed by atoms with E-state index in [1.165, 1.54) is 38.6 Å². The molecule has 0 unspecified atom stereocenters. The van der Waals surface area contributed by atoms with Crippen LogP contribution in [0.15, 0.2) is 77.0 Å². The number of pyridine rings is 1. The number of hydrogen-bond acceptors (Lipinski definition) is 7. The summed E-state index contributed by atoms with van der Waals surface area (Å²) in [5.74, 6) is 0.134. The van der Waals surface area contributed by atoms with Gasteiger partial charge in [0.2, 0.25) is 0 Å². The van der Waals surface area contributed by atoms with Crippen LogP contribution in [-0.2, 0) is 14.8 Å². The molecule has 3 rings (SSSR count). The quantitative estimate of drug-likeness (QED) is 0.382. The van der Waals surface area contributed by atoms with E-state index >= 15 is 0 Å². The van der Waals surface area contributed by atoms with E-state index in [9.17, 15) is 13.2 Å². The van der Waals surface area contributed by atoms with Gasteiger partial charge in [0.1, 0.15) is 6.54 Å². The van der Waals surface area contributed by atoms with Crippen molar-refractivity contribution in [3.63, 3.8) is 0 Å². The predicted molar refractivity (Wildman–Crippen MR) is 125 cm³/mol. The Morgan fingerprint density at radius 1 is 1.09 bits per heavy atom. The number of rotatable bonds is 9. The molecule has 0 bridgehead atoms. The van der Waals surface area contributed by atoms with Gasteiger partial charge in [-0.15, -0.1) is 0 Å². The van der Waals surface area contributed by atoms with Crippen LogP contribution in [0.1, 0.15) is 11.1 Å². The second-order valence-corrected chi connectivity index (χ2v) is 8.81. The smallest absolute Gasteiger partial charge is 0.264 e. The van der Waals surface area contributed by atoms with Gasteiger partial charge in [-0.2, -0.15) is 5.10 Å². The summed E-state index contributed by atoms with van der Waals surface area (Å²) in [4.78, 5) is 16.6. The lowest BCUT2D eigenvalue weighted by atomic mass is 10.2. The monoisotopic (exact) mass is 468 g/mol. The van der Waals surface area contributed by atoms with Crippen LogP contribution in [0.2, 0.25) is 0 Å². The summed E-state index contributed by atoms with van der Waals surface area (Å²) in [7, 11) is -1.15. The van der Waals surface area contributed by atoms with E-state index < -0.39 is 22.5 Å². The molecular formula is C23H24N4O5S. The van der Waals surface area contributed by atoms with Crippen LogP contribution >= 0.6 is 0 Å². The second-order valence-electron chi connectivity index (χ2n) is 6.94. The Kier molecular flexibility index (Phi) is 7.62. The molecule has 1 heterocycles. The molecule has 0 spiro atoms. The number of aryl methyl sites for hydroxylation is 1. The van der Waals surface area contributed by atoms with Crippen LogP contribution in [0.4, 0.5) is 5.69 Å². The first-order valence-electron chi connectivity index (χ1n) is 9.88. The summed E-state index contributed by atoms with van der Waals surface area (Å²) < 4.78 is 38.4. The summed E-state index contributed by atoms with van der Waals surface area (Å²) in [5.41, 5.74) is 4.19. The molecule has 33 heavy (non-hydrogen) atoms. The summed E-state index contributed by atoms with van der Waals surface area (Å²) in [6.07, 6.45) is 4.61. The molecule has 10 heteroatoms. The molecule has 0 atom stereocenters. The van der Waals surface area contributed by atoms with E-state index in [-0.39, 0.29) is 10.6 Å². The number of sulfonamides is 1. The Bertz CT molecular complexity index is 1230. The fraction of sp³-hybridized carbons (Fsp3) is 0.174. The van der Waals surface area contributed by atoms with Crippen molar-refractivity contribution < 1.29 is 22.7 Å². The Labute approximate surface area is 192 Å². The number of aromatic nitrogens is 1. The van der Waals surface area contributed by atoms with E-state index in [0.717, 1.165) is 9.87 Å². The predicted octanol–water partition coefficient (Wildman–Crippen LogP) is 2.75. The van der Waals surface area contributed by atoms with Crippen LogP contribution in [0.25, 0.3) is 0 Å². The summed E-state index contributed by atoms with van der Waals surface area (Å²) in [6, 6.07) is 14.5. The van der Waals surface area contributed by atoms with Crippen molar-refractivity contribution >= 4 is 27.8 Å². The molecule has 0 aliphatic rings. The lowest BCUT2D eigenvalue weighted by Crippen LogP contribution is -2.39. The minimum Gasteiger partial charge on any atom is -0.493 e. The number of hydrazone groups is 1. The molecule has 3 aromatic rings. The van der Waals surface area contributed by atoms with Crippen LogP contribution < -0.4 is 19.2 Å². The Morgan fingerprint density at radius 3 is 2.45 bits per heavy atom. The average Bonchev–Trinajstić information content (AvgIpc) is 2.83. The third kappa shape index (κ3) is 5.86. The fourth-order valence-corrected chi connectivity index (χ4v) is 4.34. The molecule has 0 aliphatic heterocycles. The van der Waals surface area contributed by atoms with Crippen molar-refractivity contribution in [1.29, 1.82) is 0 Å². The van der Waals surface area contributed by atoms with E-state index in [0.29, 0.717) is 17.1 Å². The van der Waals surface area contributed by atoms with Gasteiger partial charge >= 0.3 is 0 Å². The highest BCUT2D eigenvalue weighted by Gasteiger charge is 2.28. The van der Waals surface area contributed by atoms with Crippen LogP contribution in [0.5, 0.6) is 11.5 Å². The third-order valence-corrected chi connectivity index (χ3v) is 6.43. The van der Waals surface area contributed by atoms with Crippen molar-refractivity contribution in [2.75, 3.05) is 25.1 Å². The Hall–Kier alpha value is -3.92.